The molecule has 2 N–H and O–H groups in total. The van der Waals surface area contributed by atoms with E-state index in [1.807, 2.05) is 10.9 Å². The van der Waals surface area contributed by atoms with E-state index in [0.717, 1.165) is 84.2 Å². The molecule has 7 heteroatoms. The Labute approximate surface area is 157 Å². The summed E-state index contributed by atoms with van der Waals surface area (Å²) in [5.41, 5.74) is 1.20. The molecular weight excluding hydrogens is 330 g/mol. The van der Waals surface area contributed by atoms with Gasteiger partial charge in [-0.2, -0.15) is 5.10 Å². The third kappa shape index (κ3) is 8.67. The maximum Gasteiger partial charge on any atom is 0.191 e. The van der Waals surface area contributed by atoms with Gasteiger partial charge in [-0.15, -0.1) is 0 Å². The minimum Gasteiger partial charge on any atom is -0.381 e. The van der Waals surface area contributed by atoms with Gasteiger partial charge in [0.05, 0.1) is 6.20 Å². The van der Waals surface area contributed by atoms with Crippen LogP contribution in [-0.4, -0.2) is 61.8 Å². The molecule has 0 unspecified atom stereocenters. The summed E-state index contributed by atoms with van der Waals surface area (Å²) in [7, 11) is 0. The summed E-state index contributed by atoms with van der Waals surface area (Å²) < 4.78 is 13.1. The molecule has 0 saturated carbocycles. The molecule has 0 atom stereocenters. The van der Waals surface area contributed by atoms with E-state index in [0.29, 0.717) is 5.92 Å². The number of hydrogen-bond acceptors (Lipinski definition) is 4. The summed E-state index contributed by atoms with van der Waals surface area (Å²) in [6, 6.07) is 0. The van der Waals surface area contributed by atoms with Gasteiger partial charge in [0.25, 0.3) is 0 Å². The van der Waals surface area contributed by atoms with E-state index < -0.39 is 0 Å². The monoisotopic (exact) mass is 365 g/mol. The standard InChI is InChI=1S/C19H35N5O2/c1-3-20-19(21-8-4-10-24-15-17(2)14-23-24)22-9-5-11-26-16-18-6-12-25-13-7-18/h14-15,18H,3-13,16H2,1-2H3,(H2,20,21,22). The minimum absolute atomic E-state index is 0.675. The largest absolute Gasteiger partial charge is 0.381 e. The molecule has 1 saturated heterocycles. The number of nitrogens with one attached hydrogen (secondary N) is 2. The van der Waals surface area contributed by atoms with E-state index >= 15 is 0 Å². The van der Waals surface area contributed by atoms with E-state index in [2.05, 4.69) is 40.8 Å². The van der Waals surface area contributed by atoms with Gasteiger partial charge in [0.2, 0.25) is 0 Å². The second-order valence-electron chi connectivity index (χ2n) is 6.81. The zero-order valence-electron chi connectivity index (χ0n) is 16.4. The maximum atomic E-state index is 5.80. The highest BCUT2D eigenvalue weighted by Gasteiger charge is 2.13. The number of aromatic nitrogens is 2. The molecule has 7 nitrogen and oxygen atoms in total. The van der Waals surface area contributed by atoms with Crippen molar-refractivity contribution in [3.8, 4) is 0 Å². The molecule has 0 amide bonds. The SMILES string of the molecule is CCNC(=NCCCn1cc(C)cn1)NCCCOCC1CCOCC1. The fourth-order valence-corrected chi connectivity index (χ4v) is 2.90. The fourth-order valence-electron chi connectivity index (χ4n) is 2.90. The molecular formula is C19H35N5O2. The average Bonchev–Trinajstić information content (AvgIpc) is 3.07. The fraction of sp³-hybridized carbons (Fsp3) is 0.789. The molecule has 1 aliphatic rings. The van der Waals surface area contributed by atoms with Crippen LogP contribution in [0, 0.1) is 12.8 Å². The quantitative estimate of drug-likeness (QED) is 0.356. The van der Waals surface area contributed by atoms with Crippen molar-refractivity contribution in [3.63, 3.8) is 0 Å². The molecule has 1 aromatic rings. The van der Waals surface area contributed by atoms with Crippen LogP contribution in [0.3, 0.4) is 0 Å². The van der Waals surface area contributed by atoms with Gasteiger partial charge in [0, 0.05) is 58.8 Å². The Bertz CT molecular complexity index is 512. The lowest BCUT2D eigenvalue weighted by Crippen LogP contribution is -2.38. The zero-order chi connectivity index (χ0) is 18.5. The number of aliphatic imine (C=N–C) groups is 1. The molecule has 0 spiro atoms. The molecule has 0 aromatic carbocycles. The average molecular weight is 366 g/mol. The van der Waals surface area contributed by atoms with Crippen LogP contribution in [0.15, 0.2) is 17.4 Å². The zero-order valence-corrected chi connectivity index (χ0v) is 16.4. The molecule has 1 fully saturated rings. The van der Waals surface area contributed by atoms with E-state index in [-0.39, 0.29) is 0 Å². The third-order valence-corrected chi connectivity index (χ3v) is 4.37. The van der Waals surface area contributed by atoms with Gasteiger partial charge in [-0.25, -0.2) is 0 Å². The number of aryl methyl sites for hydroxylation is 2. The summed E-state index contributed by atoms with van der Waals surface area (Å²) in [5, 5.41) is 11.0. The van der Waals surface area contributed by atoms with Gasteiger partial charge in [-0.3, -0.25) is 9.67 Å². The highest BCUT2D eigenvalue weighted by molar-refractivity contribution is 5.79. The topological polar surface area (TPSA) is 72.7 Å². The van der Waals surface area contributed by atoms with Crippen LogP contribution >= 0.6 is 0 Å². The number of guanidine groups is 1. The van der Waals surface area contributed by atoms with Crippen molar-refractivity contribution in [2.45, 2.75) is 46.1 Å². The summed E-state index contributed by atoms with van der Waals surface area (Å²) in [6.45, 7) is 11.0. The Morgan fingerprint density at radius 3 is 2.92 bits per heavy atom. The second-order valence-corrected chi connectivity index (χ2v) is 6.81. The molecule has 148 valence electrons. The second kappa shape index (κ2) is 12.7. The molecule has 0 radical (unpaired) electrons. The predicted molar refractivity (Wildman–Crippen MR) is 105 cm³/mol. The Kier molecular flexibility index (Phi) is 10.1. The molecule has 1 aromatic heterocycles. The van der Waals surface area contributed by atoms with Crippen molar-refractivity contribution in [2.24, 2.45) is 10.9 Å². The van der Waals surface area contributed by atoms with Gasteiger partial charge in [-0.1, -0.05) is 0 Å². The molecule has 2 heterocycles. The molecule has 26 heavy (non-hydrogen) atoms. The third-order valence-electron chi connectivity index (χ3n) is 4.37. The van der Waals surface area contributed by atoms with E-state index in [9.17, 15) is 0 Å². The van der Waals surface area contributed by atoms with Crippen LogP contribution in [0.4, 0.5) is 0 Å². The number of hydrogen-bond donors (Lipinski definition) is 2. The Hall–Kier alpha value is -1.60. The van der Waals surface area contributed by atoms with E-state index in [4.69, 9.17) is 9.47 Å². The first-order valence-corrected chi connectivity index (χ1v) is 9.94. The van der Waals surface area contributed by atoms with Crippen molar-refractivity contribution in [1.29, 1.82) is 0 Å². The smallest absolute Gasteiger partial charge is 0.191 e. The minimum atomic E-state index is 0.675. The van der Waals surface area contributed by atoms with Crippen molar-refractivity contribution >= 4 is 5.96 Å². The predicted octanol–water partition coefficient (Wildman–Crippen LogP) is 1.97. The van der Waals surface area contributed by atoms with E-state index in [1.165, 1.54) is 5.56 Å². The van der Waals surface area contributed by atoms with Crippen LogP contribution in [0.25, 0.3) is 0 Å². The van der Waals surface area contributed by atoms with Crippen LogP contribution < -0.4 is 10.6 Å². The Morgan fingerprint density at radius 2 is 2.19 bits per heavy atom. The van der Waals surface area contributed by atoms with E-state index in [1.54, 1.807) is 0 Å². The lowest BCUT2D eigenvalue weighted by atomic mass is 10.0. The van der Waals surface area contributed by atoms with Gasteiger partial charge >= 0.3 is 0 Å². The van der Waals surface area contributed by atoms with Crippen molar-refractivity contribution in [2.75, 3.05) is 46.1 Å². The normalized spacial score (nSPS) is 16.0. The number of rotatable bonds is 11. The molecule has 1 aliphatic heterocycles. The van der Waals surface area contributed by atoms with Gasteiger partial charge in [0.15, 0.2) is 5.96 Å². The van der Waals surface area contributed by atoms with Crippen LogP contribution in [0.1, 0.15) is 38.2 Å². The summed E-state index contributed by atoms with van der Waals surface area (Å²) in [6.07, 6.45) is 8.18. The first-order valence-electron chi connectivity index (χ1n) is 9.94. The molecule has 0 aliphatic carbocycles. The maximum absolute atomic E-state index is 5.80. The van der Waals surface area contributed by atoms with Crippen molar-refractivity contribution in [1.82, 2.24) is 20.4 Å². The first kappa shape index (κ1) is 20.7. The Balaban J connectivity index is 1.53. The highest BCUT2D eigenvalue weighted by Crippen LogP contribution is 2.14. The van der Waals surface area contributed by atoms with Crippen LogP contribution in [-0.2, 0) is 16.0 Å². The highest BCUT2D eigenvalue weighted by atomic mass is 16.5. The number of ether oxygens (including phenoxy) is 2. The van der Waals surface area contributed by atoms with Crippen molar-refractivity contribution in [3.05, 3.63) is 18.0 Å². The first-order chi connectivity index (χ1) is 12.8. The summed E-state index contributed by atoms with van der Waals surface area (Å²) >= 11 is 0. The van der Waals surface area contributed by atoms with Crippen molar-refractivity contribution < 1.29 is 9.47 Å². The lowest BCUT2D eigenvalue weighted by molar-refractivity contribution is 0.0203. The summed E-state index contributed by atoms with van der Waals surface area (Å²) in [4.78, 5) is 4.63. The van der Waals surface area contributed by atoms with Gasteiger partial charge in [-0.05, 0) is 51.0 Å². The van der Waals surface area contributed by atoms with Gasteiger partial charge in [0.1, 0.15) is 0 Å². The molecule has 2 rings (SSSR count). The van der Waals surface area contributed by atoms with Gasteiger partial charge < -0.3 is 20.1 Å². The number of nitrogens with zero attached hydrogens (tertiary/aromatic N) is 3. The Morgan fingerprint density at radius 1 is 1.35 bits per heavy atom. The summed E-state index contributed by atoms with van der Waals surface area (Å²) in [5.74, 6) is 1.56. The van der Waals surface area contributed by atoms with Crippen LogP contribution in [0.5, 0.6) is 0 Å². The lowest BCUT2D eigenvalue weighted by Gasteiger charge is -2.21. The molecule has 0 bridgehead atoms. The van der Waals surface area contributed by atoms with Crippen LogP contribution in [0.2, 0.25) is 0 Å².